The van der Waals surface area contributed by atoms with Crippen LogP contribution in [-0.2, 0) is 16.6 Å². The zero-order chi connectivity index (χ0) is 13.8. The van der Waals surface area contributed by atoms with Crippen LogP contribution in [0.15, 0.2) is 47.4 Å². The molecule has 0 aliphatic rings. The van der Waals surface area contributed by atoms with E-state index in [4.69, 9.17) is 11.0 Å². The lowest BCUT2D eigenvalue weighted by Gasteiger charge is -2.07. The molecule has 2 aromatic rings. The number of nitrogen functional groups attached to an aromatic ring is 1. The SMILES string of the molecule is Cc1cc(N)ccc1S(=O)Cc1ccc(C#N)cc1. The molecule has 1 atom stereocenters. The fourth-order valence-corrected chi connectivity index (χ4v) is 3.12. The van der Waals surface area contributed by atoms with Gasteiger partial charge in [-0.3, -0.25) is 4.21 Å². The Bertz CT molecular complexity index is 657. The van der Waals surface area contributed by atoms with Crippen molar-refractivity contribution in [3.8, 4) is 6.07 Å². The van der Waals surface area contributed by atoms with Crippen molar-refractivity contribution in [2.75, 3.05) is 5.73 Å². The molecule has 0 radical (unpaired) electrons. The standard InChI is InChI=1S/C15H14N2OS/c1-11-8-14(17)6-7-15(11)19(18)10-13-4-2-12(9-16)3-5-13/h2-8H,10,17H2,1H3. The van der Waals surface area contributed by atoms with Crippen molar-refractivity contribution < 1.29 is 4.21 Å². The number of aryl methyl sites for hydroxylation is 1. The minimum atomic E-state index is -1.10. The Balaban J connectivity index is 2.18. The largest absolute Gasteiger partial charge is 0.399 e. The van der Waals surface area contributed by atoms with E-state index in [2.05, 4.69) is 6.07 Å². The highest BCUT2D eigenvalue weighted by atomic mass is 32.2. The van der Waals surface area contributed by atoms with Crippen molar-refractivity contribution in [3.63, 3.8) is 0 Å². The van der Waals surface area contributed by atoms with Gasteiger partial charge in [0.15, 0.2) is 0 Å². The highest BCUT2D eigenvalue weighted by molar-refractivity contribution is 7.84. The van der Waals surface area contributed by atoms with Gasteiger partial charge >= 0.3 is 0 Å². The molecule has 0 fully saturated rings. The molecular weight excluding hydrogens is 256 g/mol. The first-order valence-electron chi connectivity index (χ1n) is 5.83. The molecule has 0 bridgehead atoms. The number of nitrogens with two attached hydrogens (primary N) is 1. The molecule has 0 saturated heterocycles. The van der Waals surface area contributed by atoms with E-state index in [1.807, 2.05) is 31.2 Å². The van der Waals surface area contributed by atoms with Gasteiger partial charge in [-0.2, -0.15) is 5.26 Å². The van der Waals surface area contributed by atoms with Gasteiger partial charge in [-0.05, 0) is 48.4 Å². The molecule has 0 saturated carbocycles. The van der Waals surface area contributed by atoms with E-state index in [1.54, 1.807) is 18.2 Å². The second kappa shape index (κ2) is 5.68. The molecule has 19 heavy (non-hydrogen) atoms. The van der Waals surface area contributed by atoms with E-state index in [0.29, 0.717) is 17.0 Å². The second-order valence-electron chi connectivity index (χ2n) is 4.32. The van der Waals surface area contributed by atoms with Crippen molar-refractivity contribution in [2.24, 2.45) is 0 Å². The maximum absolute atomic E-state index is 12.3. The van der Waals surface area contributed by atoms with Crippen molar-refractivity contribution in [3.05, 3.63) is 59.2 Å². The van der Waals surface area contributed by atoms with Crippen LogP contribution in [0.25, 0.3) is 0 Å². The first kappa shape index (κ1) is 13.3. The third kappa shape index (κ3) is 3.21. The van der Waals surface area contributed by atoms with Crippen LogP contribution in [0.1, 0.15) is 16.7 Å². The number of nitrogens with zero attached hydrogens (tertiary/aromatic N) is 1. The second-order valence-corrected chi connectivity index (χ2v) is 5.74. The van der Waals surface area contributed by atoms with Gasteiger partial charge < -0.3 is 5.73 Å². The van der Waals surface area contributed by atoms with Gasteiger partial charge in [-0.1, -0.05) is 12.1 Å². The van der Waals surface area contributed by atoms with E-state index in [-0.39, 0.29) is 0 Å². The van der Waals surface area contributed by atoms with Crippen LogP contribution in [0.2, 0.25) is 0 Å². The van der Waals surface area contributed by atoms with Crippen LogP contribution >= 0.6 is 0 Å². The highest BCUT2D eigenvalue weighted by Gasteiger charge is 2.08. The molecule has 2 aromatic carbocycles. The summed E-state index contributed by atoms with van der Waals surface area (Å²) in [7, 11) is -1.10. The summed E-state index contributed by atoms with van der Waals surface area (Å²) in [6, 6.07) is 14.6. The summed E-state index contributed by atoms with van der Waals surface area (Å²) < 4.78 is 12.3. The van der Waals surface area contributed by atoms with Crippen LogP contribution in [0.4, 0.5) is 5.69 Å². The lowest BCUT2D eigenvalue weighted by molar-refractivity contribution is 0.682. The van der Waals surface area contributed by atoms with Crippen LogP contribution in [-0.4, -0.2) is 4.21 Å². The maximum Gasteiger partial charge on any atom is 0.0991 e. The summed E-state index contributed by atoms with van der Waals surface area (Å²) in [4.78, 5) is 0.804. The molecule has 0 amide bonds. The lowest BCUT2D eigenvalue weighted by Crippen LogP contribution is -2.00. The zero-order valence-electron chi connectivity index (χ0n) is 10.6. The van der Waals surface area contributed by atoms with Gasteiger partial charge in [-0.15, -0.1) is 0 Å². The fourth-order valence-electron chi connectivity index (χ4n) is 1.83. The topological polar surface area (TPSA) is 66.9 Å². The van der Waals surface area contributed by atoms with Gasteiger partial charge in [0.25, 0.3) is 0 Å². The molecule has 0 heterocycles. The Morgan fingerprint density at radius 3 is 2.47 bits per heavy atom. The normalized spacial score (nSPS) is 11.8. The van der Waals surface area contributed by atoms with Gasteiger partial charge in [-0.25, -0.2) is 0 Å². The minimum Gasteiger partial charge on any atom is -0.399 e. The summed E-state index contributed by atoms with van der Waals surface area (Å²) in [5.41, 5.74) is 8.86. The minimum absolute atomic E-state index is 0.441. The first-order chi connectivity index (χ1) is 9.10. The predicted octanol–water partition coefficient (Wildman–Crippen LogP) is 2.76. The Morgan fingerprint density at radius 2 is 1.89 bits per heavy atom. The van der Waals surface area contributed by atoms with E-state index >= 15 is 0 Å². The van der Waals surface area contributed by atoms with E-state index in [1.165, 1.54) is 0 Å². The average Bonchev–Trinajstić information content (AvgIpc) is 2.39. The van der Waals surface area contributed by atoms with Gasteiger partial charge in [0.1, 0.15) is 0 Å². The van der Waals surface area contributed by atoms with Crippen LogP contribution in [0, 0.1) is 18.3 Å². The quantitative estimate of drug-likeness (QED) is 0.872. The van der Waals surface area contributed by atoms with E-state index in [9.17, 15) is 4.21 Å². The average molecular weight is 270 g/mol. The molecule has 4 heteroatoms. The Hall–Kier alpha value is -2.12. The van der Waals surface area contributed by atoms with Gasteiger partial charge in [0.2, 0.25) is 0 Å². The molecule has 0 spiro atoms. The number of rotatable bonds is 3. The summed E-state index contributed by atoms with van der Waals surface area (Å²) in [5.74, 6) is 0.441. The molecular formula is C15H14N2OS. The summed E-state index contributed by atoms with van der Waals surface area (Å²) in [5, 5.41) is 8.73. The molecule has 2 N–H and O–H groups in total. The van der Waals surface area contributed by atoms with E-state index in [0.717, 1.165) is 16.0 Å². The van der Waals surface area contributed by atoms with Crippen molar-refractivity contribution in [2.45, 2.75) is 17.6 Å². The Labute approximate surface area is 115 Å². The lowest BCUT2D eigenvalue weighted by atomic mass is 10.2. The zero-order valence-corrected chi connectivity index (χ0v) is 11.4. The third-order valence-corrected chi connectivity index (χ3v) is 4.37. The third-order valence-electron chi connectivity index (χ3n) is 2.83. The number of benzene rings is 2. The monoisotopic (exact) mass is 270 g/mol. The number of hydrogen-bond donors (Lipinski definition) is 1. The van der Waals surface area contributed by atoms with Crippen LogP contribution < -0.4 is 5.73 Å². The summed E-state index contributed by atoms with van der Waals surface area (Å²) >= 11 is 0. The molecule has 1 unspecified atom stereocenters. The van der Waals surface area contributed by atoms with Crippen LogP contribution in [0.3, 0.4) is 0 Å². The van der Waals surface area contributed by atoms with Crippen LogP contribution in [0.5, 0.6) is 0 Å². The van der Waals surface area contributed by atoms with Gasteiger partial charge in [0, 0.05) is 10.6 Å². The maximum atomic E-state index is 12.3. The smallest absolute Gasteiger partial charge is 0.0991 e. The van der Waals surface area contributed by atoms with Crippen molar-refractivity contribution in [1.29, 1.82) is 5.26 Å². The number of hydrogen-bond acceptors (Lipinski definition) is 3. The summed E-state index contributed by atoms with van der Waals surface area (Å²) in [6.45, 7) is 1.91. The van der Waals surface area contributed by atoms with Crippen molar-refractivity contribution >= 4 is 16.5 Å². The molecule has 0 aliphatic carbocycles. The first-order valence-corrected chi connectivity index (χ1v) is 7.15. The fraction of sp³-hybridized carbons (Fsp3) is 0.133. The van der Waals surface area contributed by atoms with E-state index < -0.39 is 10.8 Å². The van der Waals surface area contributed by atoms with Crippen molar-refractivity contribution in [1.82, 2.24) is 0 Å². The molecule has 2 rings (SSSR count). The number of anilines is 1. The molecule has 96 valence electrons. The molecule has 0 aliphatic heterocycles. The Morgan fingerprint density at radius 1 is 1.21 bits per heavy atom. The molecule has 0 aromatic heterocycles. The Kier molecular flexibility index (Phi) is 3.98. The van der Waals surface area contributed by atoms with Gasteiger partial charge in [0.05, 0.1) is 28.2 Å². The summed E-state index contributed by atoms with van der Waals surface area (Å²) in [6.07, 6.45) is 0. The predicted molar refractivity (Wildman–Crippen MR) is 76.9 cm³/mol. The number of nitriles is 1. The molecule has 3 nitrogen and oxygen atoms in total. The highest BCUT2D eigenvalue weighted by Crippen LogP contribution is 2.19.